The molecule has 0 aliphatic carbocycles. The van der Waals surface area contributed by atoms with Crippen LogP contribution in [0.15, 0.2) is 36.4 Å². The normalized spacial score (nSPS) is 12.7. The number of non-ortho nitro benzene ring substituents is 1. The number of nitro benzene ring substituents is 1. The zero-order chi connectivity index (χ0) is 21.1. The first kappa shape index (κ1) is 20.3. The van der Waals surface area contributed by atoms with Gasteiger partial charge in [0.2, 0.25) is 0 Å². The molecular weight excluding hydrogens is 400 g/mol. The minimum Gasteiger partial charge on any atom is -0.338 e. The van der Waals surface area contributed by atoms with Crippen molar-refractivity contribution in [1.29, 1.82) is 0 Å². The van der Waals surface area contributed by atoms with E-state index in [1.165, 1.54) is 12.1 Å². The van der Waals surface area contributed by atoms with E-state index in [2.05, 4.69) is 10.6 Å². The molecule has 0 atom stereocenters. The Balaban J connectivity index is 1.52. The van der Waals surface area contributed by atoms with Crippen LogP contribution in [-0.2, 0) is 0 Å². The Bertz CT molecular complexity index is 1020. The average Bonchev–Trinajstić information content (AvgIpc) is 2.93. The first-order chi connectivity index (χ1) is 13.8. The summed E-state index contributed by atoms with van der Waals surface area (Å²) < 4.78 is 0. The van der Waals surface area contributed by atoms with Crippen LogP contribution in [0.4, 0.5) is 16.2 Å². The monoisotopic (exact) mass is 416 g/mol. The molecule has 10 heteroatoms. The summed E-state index contributed by atoms with van der Waals surface area (Å²) in [5, 5.41) is 16.7. The van der Waals surface area contributed by atoms with Gasteiger partial charge in [0.25, 0.3) is 17.5 Å². The minimum absolute atomic E-state index is 0.0198. The number of nitrogens with one attached hydrogen (secondary N) is 2. The zero-order valence-corrected chi connectivity index (χ0v) is 16.2. The molecule has 0 bridgehead atoms. The quantitative estimate of drug-likeness (QED) is 0.323. The standard InChI is InChI=1S/C19H17ClN4O5/c1-11-15(20)4-2-5-16(11)22-19(27)21-8-3-9-23-17(25)13-7-6-12(24(28)29)10-14(13)18(23)26/h2,4-7,10H,3,8-9H2,1H3,(H2,21,22,27). The highest BCUT2D eigenvalue weighted by Gasteiger charge is 2.36. The van der Waals surface area contributed by atoms with E-state index in [1.54, 1.807) is 25.1 Å². The third-order valence-corrected chi connectivity index (χ3v) is 4.93. The summed E-state index contributed by atoms with van der Waals surface area (Å²) in [7, 11) is 0. The van der Waals surface area contributed by atoms with E-state index in [0.717, 1.165) is 16.5 Å². The molecule has 9 nitrogen and oxygen atoms in total. The largest absolute Gasteiger partial charge is 0.338 e. The Hall–Kier alpha value is -3.46. The second-order valence-electron chi connectivity index (χ2n) is 6.40. The van der Waals surface area contributed by atoms with E-state index in [9.17, 15) is 24.5 Å². The first-order valence-corrected chi connectivity index (χ1v) is 9.12. The molecule has 0 fully saturated rings. The van der Waals surface area contributed by atoms with Gasteiger partial charge in [0.15, 0.2) is 0 Å². The molecule has 0 aromatic heterocycles. The van der Waals surface area contributed by atoms with Crippen LogP contribution >= 0.6 is 11.6 Å². The number of nitrogens with zero attached hydrogens (tertiary/aromatic N) is 2. The number of nitro groups is 1. The maximum Gasteiger partial charge on any atom is 0.319 e. The Labute approximate surface area is 170 Å². The molecule has 2 aromatic carbocycles. The number of imide groups is 1. The Kier molecular flexibility index (Phi) is 5.79. The van der Waals surface area contributed by atoms with Crippen molar-refractivity contribution in [3.05, 3.63) is 68.2 Å². The Morgan fingerprint density at radius 2 is 1.90 bits per heavy atom. The van der Waals surface area contributed by atoms with Gasteiger partial charge in [-0.25, -0.2) is 4.79 Å². The van der Waals surface area contributed by atoms with Crippen molar-refractivity contribution in [2.75, 3.05) is 18.4 Å². The number of hydrogen-bond donors (Lipinski definition) is 2. The van der Waals surface area contributed by atoms with Crippen LogP contribution in [0.5, 0.6) is 0 Å². The van der Waals surface area contributed by atoms with E-state index in [4.69, 9.17) is 11.6 Å². The van der Waals surface area contributed by atoms with Gasteiger partial charge in [0.1, 0.15) is 0 Å². The number of amides is 4. The Morgan fingerprint density at radius 3 is 2.62 bits per heavy atom. The lowest BCUT2D eigenvalue weighted by Gasteiger charge is -2.14. The molecule has 3 rings (SSSR count). The number of halogens is 1. The van der Waals surface area contributed by atoms with Crippen LogP contribution in [-0.4, -0.2) is 40.8 Å². The molecule has 4 amide bonds. The number of fused-ring (bicyclic) bond motifs is 1. The maximum atomic E-state index is 12.4. The molecule has 0 saturated carbocycles. The molecule has 2 aromatic rings. The fourth-order valence-electron chi connectivity index (χ4n) is 2.94. The highest BCUT2D eigenvalue weighted by molar-refractivity contribution is 6.31. The van der Waals surface area contributed by atoms with E-state index in [1.807, 2.05) is 0 Å². The summed E-state index contributed by atoms with van der Waals surface area (Å²) in [5.74, 6) is -1.08. The van der Waals surface area contributed by atoms with Crippen molar-refractivity contribution in [2.24, 2.45) is 0 Å². The summed E-state index contributed by atoms with van der Waals surface area (Å²) in [5.41, 5.74) is 1.23. The number of anilines is 1. The van der Waals surface area contributed by atoms with Crippen molar-refractivity contribution in [3.63, 3.8) is 0 Å². The van der Waals surface area contributed by atoms with Gasteiger partial charge in [-0.2, -0.15) is 0 Å². The zero-order valence-electron chi connectivity index (χ0n) is 15.4. The molecular formula is C19H17ClN4O5. The van der Waals surface area contributed by atoms with Gasteiger partial charge >= 0.3 is 6.03 Å². The lowest BCUT2D eigenvalue weighted by molar-refractivity contribution is -0.384. The predicted octanol–water partition coefficient (Wildman–Crippen LogP) is 3.36. The molecule has 150 valence electrons. The first-order valence-electron chi connectivity index (χ1n) is 8.74. The van der Waals surface area contributed by atoms with Crippen LogP contribution in [0.1, 0.15) is 32.7 Å². The van der Waals surface area contributed by atoms with Gasteiger partial charge < -0.3 is 10.6 Å². The van der Waals surface area contributed by atoms with E-state index in [0.29, 0.717) is 17.1 Å². The van der Waals surface area contributed by atoms with Crippen molar-refractivity contribution in [2.45, 2.75) is 13.3 Å². The maximum absolute atomic E-state index is 12.4. The minimum atomic E-state index is -0.620. The van der Waals surface area contributed by atoms with Crippen LogP contribution in [0.25, 0.3) is 0 Å². The molecule has 0 spiro atoms. The van der Waals surface area contributed by atoms with Crippen molar-refractivity contribution >= 4 is 40.8 Å². The van der Waals surface area contributed by atoms with Crippen molar-refractivity contribution in [3.8, 4) is 0 Å². The third kappa shape index (κ3) is 4.19. The van der Waals surface area contributed by atoms with Gasteiger partial charge in [-0.3, -0.25) is 24.6 Å². The lowest BCUT2D eigenvalue weighted by atomic mass is 10.1. The van der Waals surface area contributed by atoms with Gasteiger partial charge in [-0.05, 0) is 37.1 Å². The fourth-order valence-corrected chi connectivity index (χ4v) is 3.12. The molecule has 29 heavy (non-hydrogen) atoms. The van der Waals surface area contributed by atoms with Gasteiger partial charge in [0, 0.05) is 35.9 Å². The Morgan fingerprint density at radius 1 is 1.17 bits per heavy atom. The smallest absolute Gasteiger partial charge is 0.319 e. The van der Waals surface area contributed by atoms with Crippen molar-refractivity contribution in [1.82, 2.24) is 10.2 Å². The fraction of sp³-hybridized carbons (Fsp3) is 0.211. The molecule has 0 unspecified atom stereocenters. The topological polar surface area (TPSA) is 122 Å². The number of hydrogen-bond acceptors (Lipinski definition) is 5. The average molecular weight is 417 g/mol. The number of urea groups is 1. The molecule has 1 heterocycles. The number of carbonyl (C=O) groups is 3. The summed E-state index contributed by atoms with van der Waals surface area (Å²) in [6.07, 6.45) is 0.329. The van der Waals surface area contributed by atoms with E-state index in [-0.39, 0.29) is 29.9 Å². The highest BCUT2D eigenvalue weighted by Crippen LogP contribution is 2.27. The predicted molar refractivity (Wildman–Crippen MR) is 106 cm³/mol. The van der Waals surface area contributed by atoms with Crippen LogP contribution in [0.3, 0.4) is 0 Å². The van der Waals surface area contributed by atoms with Gasteiger partial charge in [-0.1, -0.05) is 17.7 Å². The molecule has 1 aliphatic rings. The number of benzene rings is 2. The van der Waals surface area contributed by atoms with Gasteiger partial charge in [-0.15, -0.1) is 0 Å². The van der Waals surface area contributed by atoms with Gasteiger partial charge in [0.05, 0.1) is 16.1 Å². The number of rotatable bonds is 6. The summed E-state index contributed by atoms with van der Waals surface area (Å²) >= 11 is 6.01. The molecule has 1 aliphatic heterocycles. The second-order valence-corrected chi connectivity index (χ2v) is 6.80. The third-order valence-electron chi connectivity index (χ3n) is 4.53. The van der Waals surface area contributed by atoms with E-state index < -0.39 is 22.8 Å². The number of carbonyl (C=O) groups excluding carboxylic acids is 3. The highest BCUT2D eigenvalue weighted by atomic mass is 35.5. The molecule has 0 radical (unpaired) electrons. The molecule has 0 saturated heterocycles. The van der Waals surface area contributed by atoms with Crippen molar-refractivity contribution < 1.29 is 19.3 Å². The summed E-state index contributed by atoms with van der Waals surface area (Å²) in [6, 6.07) is 8.30. The SMILES string of the molecule is Cc1c(Cl)cccc1NC(=O)NCCCN1C(=O)c2ccc([N+](=O)[O-])cc2C1=O. The van der Waals surface area contributed by atoms with Crippen LogP contribution in [0.2, 0.25) is 5.02 Å². The molecule has 2 N–H and O–H groups in total. The van der Waals surface area contributed by atoms with E-state index >= 15 is 0 Å². The summed E-state index contributed by atoms with van der Waals surface area (Å²) in [6.45, 7) is 2.08. The lowest BCUT2D eigenvalue weighted by Crippen LogP contribution is -2.35. The second kappa shape index (κ2) is 8.27. The van der Waals surface area contributed by atoms with Crippen LogP contribution in [0, 0.1) is 17.0 Å². The van der Waals surface area contributed by atoms with Crippen LogP contribution < -0.4 is 10.6 Å². The summed E-state index contributed by atoms with van der Waals surface area (Å²) in [4.78, 5) is 48.0.